The van der Waals surface area contributed by atoms with E-state index in [2.05, 4.69) is 67.8 Å². The number of hydrogen-bond acceptors (Lipinski definition) is 8. The zero-order chi connectivity index (χ0) is 43.7. The van der Waals surface area contributed by atoms with Gasteiger partial charge >= 0.3 is 0 Å². The standard InChI is InChI=1S/C51H91NO8/c1-3-5-7-9-11-13-15-17-19-21-23-24-26-28-30-32-34-36-38-40-45(54)44(43-59-51-50(58)49(57)48(56)46(42-53)60-51)52-47(55)41-39-37-35-33-31-29-27-25-22-20-18-16-14-12-10-8-6-4-2/h14,16,20,22-24,30,32,38,40,44-46,48-51,53-54,56-58H,3-13,15,17-19,21,25-29,31,33-37,39,41-43H2,1-2H3,(H,52,55)/b16-14-,22-20-,24-23+,32-30+,40-38+. The van der Waals surface area contributed by atoms with Crippen LogP contribution in [0.3, 0.4) is 0 Å². The van der Waals surface area contributed by atoms with E-state index in [0.717, 1.165) is 64.2 Å². The van der Waals surface area contributed by atoms with Crippen LogP contribution in [-0.4, -0.2) is 87.5 Å². The van der Waals surface area contributed by atoms with E-state index >= 15 is 0 Å². The minimum Gasteiger partial charge on any atom is -0.394 e. The van der Waals surface area contributed by atoms with Crippen molar-refractivity contribution in [3.63, 3.8) is 0 Å². The summed E-state index contributed by atoms with van der Waals surface area (Å²) >= 11 is 0. The molecule has 0 aromatic heterocycles. The molecule has 1 amide bonds. The molecule has 0 aromatic carbocycles. The molecule has 0 aromatic rings. The first-order valence-corrected chi connectivity index (χ1v) is 24.5. The Hall–Kier alpha value is -2.11. The van der Waals surface area contributed by atoms with Gasteiger partial charge in [0.25, 0.3) is 0 Å². The highest BCUT2D eigenvalue weighted by molar-refractivity contribution is 5.76. The molecule has 1 rings (SSSR count). The molecular formula is C51H91NO8. The molecule has 1 fully saturated rings. The van der Waals surface area contributed by atoms with Gasteiger partial charge < -0.3 is 40.3 Å². The van der Waals surface area contributed by atoms with Crippen molar-refractivity contribution in [1.29, 1.82) is 0 Å². The molecule has 0 spiro atoms. The minimum atomic E-state index is -1.58. The van der Waals surface area contributed by atoms with Crippen LogP contribution in [-0.2, 0) is 14.3 Å². The largest absolute Gasteiger partial charge is 0.394 e. The molecule has 1 saturated heterocycles. The van der Waals surface area contributed by atoms with Crippen LogP contribution in [0.5, 0.6) is 0 Å². The molecule has 0 radical (unpaired) electrons. The summed E-state index contributed by atoms with van der Waals surface area (Å²) in [5.41, 5.74) is 0. The summed E-state index contributed by atoms with van der Waals surface area (Å²) in [7, 11) is 0. The van der Waals surface area contributed by atoms with Gasteiger partial charge in [-0.25, -0.2) is 0 Å². The molecule has 0 bridgehead atoms. The summed E-state index contributed by atoms with van der Waals surface area (Å²) in [4.78, 5) is 13.0. The number of aliphatic hydroxyl groups is 5. The summed E-state index contributed by atoms with van der Waals surface area (Å²) in [6.07, 6.45) is 46.9. The van der Waals surface area contributed by atoms with Crippen LogP contribution in [0.4, 0.5) is 0 Å². The second-order valence-electron chi connectivity index (χ2n) is 16.9. The summed E-state index contributed by atoms with van der Waals surface area (Å²) in [6.45, 7) is 3.72. The maximum atomic E-state index is 13.0. The van der Waals surface area contributed by atoms with Crippen LogP contribution >= 0.6 is 0 Å². The Balaban J connectivity index is 2.38. The summed E-state index contributed by atoms with van der Waals surface area (Å²) in [5, 5.41) is 54.2. The fourth-order valence-electron chi connectivity index (χ4n) is 7.33. The molecule has 1 aliphatic heterocycles. The van der Waals surface area contributed by atoms with Gasteiger partial charge in [0.05, 0.1) is 25.4 Å². The smallest absolute Gasteiger partial charge is 0.220 e. The van der Waals surface area contributed by atoms with Gasteiger partial charge in [-0.2, -0.15) is 0 Å². The number of allylic oxidation sites excluding steroid dienone is 9. The van der Waals surface area contributed by atoms with Crippen molar-refractivity contribution in [3.05, 3.63) is 60.8 Å². The topological polar surface area (TPSA) is 149 Å². The Morgan fingerprint density at radius 2 is 1.00 bits per heavy atom. The molecule has 7 atom stereocenters. The lowest BCUT2D eigenvalue weighted by Gasteiger charge is -2.40. The first-order valence-electron chi connectivity index (χ1n) is 24.5. The molecule has 7 unspecified atom stereocenters. The molecule has 348 valence electrons. The average molecular weight is 846 g/mol. The van der Waals surface area contributed by atoms with Gasteiger partial charge in [0.15, 0.2) is 6.29 Å². The first-order chi connectivity index (χ1) is 29.3. The lowest BCUT2D eigenvalue weighted by molar-refractivity contribution is -0.302. The van der Waals surface area contributed by atoms with Crippen molar-refractivity contribution in [2.45, 2.75) is 243 Å². The second-order valence-corrected chi connectivity index (χ2v) is 16.9. The number of ether oxygens (including phenoxy) is 2. The number of carbonyl (C=O) groups is 1. The molecule has 60 heavy (non-hydrogen) atoms. The summed E-state index contributed by atoms with van der Waals surface area (Å²) < 4.78 is 11.2. The van der Waals surface area contributed by atoms with E-state index < -0.39 is 49.5 Å². The Kier molecular flexibility index (Phi) is 38.1. The third-order valence-corrected chi connectivity index (χ3v) is 11.3. The van der Waals surface area contributed by atoms with Crippen LogP contribution in [0, 0.1) is 0 Å². The highest BCUT2D eigenvalue weighted by Crippen LogP contribution is 2.22. The molecule has 1 aliphatic rings. The van der Waals surface area contributed by atoms with Crippen LogP contribution < -0.4 is 5.32 Å². The molecule has 1 heterocycles. The lowest BCUT2D eigenvalue weighted by Crippen LogP contribution is -2.60. The van der Waals surface area contributed by atoms with Gasteiger partial charge in [-0.1, -0.05) is 177 Å². The van der Waals surface area contributed by atoms with Crippen molar-refractivity contribution >= 4 is 5.91 Å². The molecule has 0 aliphatic carbocycles. The predicted octanol–water partition coefficient (Wildman–Crippen LogP) is 10.8. The second kappa shape index (κ2) is 40.9. The van der Waals surface area contributed by atoms with E-state index in [1.165, 1.54) is 116 Å². The molecule has 9 nitrogen and oxygen atoms in total. The van der Waals surface area contributed by atoms with E-state index in [0.29, 0.717) is 6.42 Å². The number of hydrogen-bond donors (Lipinski definition) is 6. The van der Waals surface area contributed by atoms with Gasteiger partial charge in [0, 0.05) is 6.42 Å². The molecule has 9 heteroatoms. The van der Waals surface area contributed by atoms with Gasteiger partial charge in [-0.3, -0.25) is 4.79 Å². The number of amides is 1. The number of nitrogens with one attached hydrogen (secondary N) is 1. The lowest BCUT2D eigenvalue weighted by atomic mass is 9.99. The molecular weight excluding hydrogens is 755 g/mol. The van der Waals surface area contributed by atoms with E-state index in [1.54, 1.807) is 6.08 Å². The van der Waals surface area contributed by atoms with E-state index in [-0.39, 0.29) is 12.5 Å². The number of aliphatic hydroxyl groups excluding tert-OH is 5. The number of carbonyl (C=O) groups excluding carboxylic acids is 1. The fourth-order valence-corrected chi connectivity index (χ4v) is 7.33. The zero-order valence-corrected chi connectivity index (χ0v) is 38.2. The average Bonchev–Trinajstić information content (AvgIpc) is 3.25. The summed E-state index contributed by atoms with van der Waals surface area (Å²) in [6, 6.07) is -0.834. The highest BCUT2D eigenvalue weighted by atomic mass is 16.7. The van der Waals surface area contributed by atoms with E-state index in [4.69, 9.17) is 9.47 Å². The van der Waals surface area contributed by atoms with Crippen molar-refractivity contribution in [3.8, 4) is 0 Å². The third-order valence-electron chi connectivity index (χ3n) is 11.3. The Bertz CT molecular complexity index is 1120. The third kappa shape index (κ3) is 30.8. The number of unbranched alkanes of at least 4 members (excludes halogenated alkanes) is 22. The van der Waals surface area contributed by atoms with Crippen LogP contribution in [0.1, 0.15) is 200 Å². The first kappa shape index (κ1) is 55.9. The van der Waals surface area contributed by atoms with Crippen LogP contribution in [0.25, 0.3) is 0 Å². The van der Waals surface area contributed by atoms with Crippen LogP contribution in [0.15, 0.2) is 60.8 Å². The fraction of sp³-hybridized carbons (Fsp3) is 0.784. The molecule has 0 saturated carbocycles. The quantitative estimate of drug-likeness (QED) is 0.0264. The van der Waals surface area contributed by atoms with Crippen molar-refractivity contribution < 1.29 is 39.8 Å². The normalized spacial score (nSPS) is 21.1. The van der Waals surface area contributed by atoms with E-state index in [1.807, 2.05) is 6.08 Å². The van der Waals surface area contributed by atoms with Crippen molar-refractivity contribution in [1.82, 2.24) is 5.32 Å². The maximum Gasteiger partial charge on any atom is 0.220 e. The monoisotopic (exact) mass is 846 g/mol. The minimum absolute atomic E-state index is 0.201. The number of rotatable bonds is 40. The van der Waals surface area contributed by atoms with Gasteiger partial charge in [0.1, 0.15) is 24.4 Å². The Morgan fingerprint density at radius 3 is 1.52 bits per heavy atom. The van der Waals surface area contributed by atoms with Gasteiger partial charge in [-0.15, -0.1) is 0 Å². The van der Waals surface area contributed by atoms with E-state index in [9.17, 15) is 30.3 Å². The molecule has 6 N–H and O–H groups in total. The Labute approximate surface area is 366 Å². The van der Waals surface area contributed by atoms with Crippen molar-refractivity contribution in [2.24, 2.45) is 0 Å². The highest BCUT2D eigenvalue weighted by Gasteiger charge is 2.44. The Morgan fingerprint density at radius 1 is 0.567 bits per heavy atom. The summed E-state index contributed by atoms with van der Waals surface area (Å²) in [5.74, 6) is -0.201. The maximum absolute atomic E-state index is 13.0. The zero-order valence-electron chi connectivity index (χ0n) is 38.2. The van der Waals surface area contributed by atoms with Crippen molar-refractivity contribution in [2.75, 3.05) is 13.2 Å². The van der Waals surface area contributed by atoms with Gasteiger partial charge in [-0.05, 0) is 77.0 Å². The van der Waals surface area contributed by atoms with Gasteiger partial charge in [0.2, 0.25) is 5.91 Å². The van der Waals surface area contributed by atoms with Crippen LogP contribution in [0.2, 0.25) is 0 Å². The SMILES string of the molecule is CCCCCC/C=C\C/C=C\CCCCCCCCCC(=O)NC(COC1OC(CO)C(O)C(O)C1O)C(O)/C=C/CC/C=C/CC/C=C/CCCCCCCCCCC. The predicted molar refractivity (Wildman–Crippen MR) is 249 cm³/mol.